The van der Waals surface area contributed by atoms with Gasteiger partial charge in [-0.05, 0) is 48.9 Å². The molecule has 0 heterocycles. The lowest BCUT2D eigenvalue weighted by molar-refractivity contribution is 1.09. The SMILES string of the molecule is Cc1ccc(Cc2ccccc2Cc2ccc(C)cc2)cc1. The van der Waals surface area contributed by atoms with E-state index in [1.165, 1.54) is 33.4 Å². The summed E-state index contributed by atoms with van der Waals surface area (Å²) in [5, 5.41) is 0. The van der Waals surface area contributed by atoms with Gasteiger partial charge in [-0.1, -0.05) is 83.9 Å². The van der Waals surface area contributed by atoms with Crippen LogP contribution in [-0.4, -0.2) is 0 Å². The molecule has 0 aliphatic carbocycles. The minimum atomic E-state index is 1.00. The summed E-state index contributed by atoms with van der Waals surface area (Å²) in [7, 11) is 0. The molecule has 0 radical (unpaired) electrons. The van der Waals surface area contributed by atoms with Gasteiger partial charge in [0, 0.05) is 0 Å². The molecule has 0 saturated carbocycles. The normalized spacial score (nSPS) is 10.6. The van der Waals surface area contributed by atoms with Crippen molar-refractivity contribution in [3.05, 3.63) is 106 Å². The van der Waals surface area contributed by atoms with Crippen molar-refractivity contribution in [3.8, 4) is 0 Å². The molecular weight excluding hydrogens is 264 g/mol. The van der Waals surface area contributed by atoms with Crippen LogP contribution in [0.3, 0.4) is 0 Å². The van der Waals surface area contributed by atoms with Crippen LogP contribution in [-0.2, 0) is 12.8 Å². The van der Waals surface area contributed by atoms with Crippen LogP contribution < -0.4 is 0 Å². The van der Waals surface area contributed by atoms with E-state index >= 15 is 0 Å². The highest BCUT2D eigenvalue weighted by Gasteiger charge is 2.04. The average Bonchev–Trinajstić information content (AvgIpc) is 2.54. The van der Waals surface area contributed by atoms with Crippen LogP contribution in [0.4, 0.5) is 0 Å². The van der Waals surface area contributed by atoms with Gasteiger partial charge in [-0.3, -0.25) is 0 Å². The Bertz CT molecular complexity index is 667. The Morgan fingerprint density at radius 2 is 0.864 bits per heavy atom. The molecule has 0 nitrogen and oxygen atoms in total. The van der Waals surface area contributed by atoms with E-state index in [2.05, 4.69) is 86.6 Å². The fourth-order valence-electron chi connectivity index (χ4n) is 2.75. The molecule has 110 valence electrons. The lowest BCUT2D eigenvalue weighted by Gasteiger charge is -2.10. The summed E-state index contributed by atoms with van der Waals surface area (Å²) < 4.78 is 0. The van der Waals surface area contributed by atoms with E-state index in [1.54, 1.807) is 0 Å². The summed E-state index contributed by atoms with van der Waals surface area (Å²) >= 11 is 0. The molecule has 3 rings (SSSR count). The summed E-state index contributed by atoms with van der Waals surface area (Å²) in [6.45, 7) is 4.27. The van der Waals surface area contributed by atoms with Gasteiger partial charge in [-0.15, -0.1) is 0 Å². The third-order valence-corrected chi connectivity index (χ3v) is 4.15. The monoisotopic (exact) mass is 286 g/mol. The summed E-state index contributed by atoms with van der Waals surface area (Å²) in [6.07, 6.45) is 2.00. The zero-order valence-corrected chi connectivity index (χ0v) is 13.3. The summed E-state index contributed by atoms with van der Waals surface area (Å²) in [5.41, 5.74) is 8.23. The van der Waals surface area contributed by atoms with Gasteiger partial charge in [-0.2, -0.15) is 0 Å². The molecule has 3 aromatic rings. The Hall–Kier alpha value is -2.34. The zero-order chi connectivity index (χ0) is 15.4. The Morgan fingerprint density at radius 1 is 0.500 bits per heavy atom. The number of rotatable bonds is 4. The second kappa shape index (κ2) is 6.62. The minimum Gasteiger partial charge on any atom is -0.0620 e. The maximum atomic E-state index is 2.25. The van der Waals surface area contributed by atoms with Crippen LogP contribution in [0.2, 0.25) is 0 Å². The number of benzene rings is 3. The minimum absolute atomic E-state index is 1.00. The molecule has 0 N–H and O–H groups in total. The summed E-state index contributed by atoms with van der Waals surface area (Å²) in [4.78, 5) is 0. The third-order valence-electron chi connectivity index (χ3n) is 4.15. The van der Waals surface area contributed by atoms with Crippen molar-refractivity contribution < 1.29 is 0 Å². The molecule has 0 unspecified atom stereocenters. The van der Waals surface area contributed by atoms with E-state index in [-0.39, 0.29) is 0 Å². The summed E-state index contributed by atoms with van der Waals surface area (Å²) in [6, 6.07) is 26.5. The van der Waals surface area contributed by atoms with Crippen LogP contribution in [0.1, 0.15) is 33.4 Å². The highest BCUT2D eigenvalue weighted by molar-refractivity contribution is 5.37. The van der Waals surface area contributed by atoms with E-state index in [9.17, 15) is 0 Å². The molecule has 0 saturated heterocycles. The molecule has 0 aliphatic rings. The largest absolute Gasteiger partial charge is 0.0620 e. The van der Waals surface area contributed by atoms with Crippen LogP contribution in [0.15, 0.2) is 72.8 Å². The predicted octanol–water partition coefficient (Wildman–Crippen LogP) is 5.49. The molecule has 0 amide bonds. The van der Waals surface area contributed by atoms with Crippen molar-refractivity contribution in [2.45, 2.75) is 26.7 Å². The Balaban J connectivity index is 1.83. The molecule has 0 heteroatoms. The van der Waals surface area contributed by atoms with Gasteiger partial charge in [-0.25, -0.2) is 0 Å². The zero-order valence-electron chi connectivity index (χ0n) is 13.3. The first-order valence-electron chi connectivity index (χ1n) is 7.88. The van der Waals surface area contributed by atoms with Gasteiger partial charge < -0.3 is 0 Å². The molecule has 3 aromatic carbocycles. The van der Waals surface area contributed by atoms with E-state index < -0.39 is 0 Å². The lowest BCUT2D eigenvalue weighted by atomic mass is 9.95. The first-order chi connectivity index (χ1) is 10.7. The van der Waals surface area contributed by atoms with E-state index in [4.69, 9.17) is 0 Å². The number of hydrogen-bond donors (Lipinski definition) is 0. The first kappa shape index (κ1) is 14.6. The maximum absolute atomic E-state index is 2.25. The van der Waals surface area contributed by atoms with Crippen LogP contribution in [0.5, 0.6) is 0 Å². The van der Waals surface area contributed by atoms with E-state index in [1.807, 2.05) is 0 Å². The Morgan fingerprint density at radius 3 is 1.23 bits per heavy atom. The van der Waals surface area contributed by atoms with Crippen molar-refractivity contribution in [1.82, 2.24) is 0 Å². The van der Waals surface area contributed by atoms with Crippen molar-refractivity contribution in [1.29, 1.82) is 0 Å². The van der Waals surface area contributed by atoms with Gasteiger partial charge in [0.1, 0.15) is 0 Å². The molecule has 0 aromatic heterocycles. The quantitative estimate of drug-likeness (QED) is 0.595. The Kier molecular flexibility index (Phi) is 4.39. The van der Waals surface area contributed by atoms with Crippen molar-refractivity contribution in [2.24, 2.45) is 0 Å². The van der Waals surface area contributed by atoms with E-state index in [0.717, 1.165) is 12.8 Å². The second-order valence-corrected chi connectivity index (χ2v) is 6.09. The standard InChI is InChI=1S/C22H22/c1-17-7-11-19(12-8-17)15-21-5-3-4-6-22(21)16-20-13-9-18(2)10-14-20/h3-14H,15-16H2,1-2H3. The second-order valence-electron chi connectivity index (χ2n) is 6.09. The fourth-order valence-corrected chi connectivity index (χ4v) is 2.75. The van der Waals surface area contributed by atoms with Crippen molar-refractivity contribution >= 4 is 0 Å². The van der Waals surface area contributed by atoms with Gasteiger partial charge in [0.05, 0.1) is 0 Å². The van der Waals surface area contributed by atoms with Gasteiger partial charge in [0.25, 0.3) is 0 Å². The first-order valence-corrected chi connectivity index (χ1v) is 7.88. The number of hydrogen-bond acceptors (Lipinski definition) is 0. The lowest BCUT2D eigenvalue weighted by Crippen LogP contribution is -1.97. The fraction of sp³-hybridized carbons (Fsp3) is 0.182. The summed E-state index contributed by atoms with van der Waals surface area (Å²) in [5.74, 6) is 0. The molecule has 0 atom stereocenters. The average molecular weight is 286 g/mol. The predicted molar refractivity (Wildman–Crippen MR) is 94.4 cm³/mol. The molecule has 0 aliphatic heterocycles. The van der Waals surface area contributed by atoms with Crippen molar-refractivity contribution in [3.63, 3.8) is 0 Å². The maximum Gasteiger partial charge on any atom is -0.00229 e. The molecule has 0 spiro atoms. The van der Waals surface area contributed by atoms with Crippen LogP contribution >= 0.6 is 0 Å². The Labute approximate surface area is 133 Å². The smallest absolute Gasteiger partial charge is 0.00229 e. The molecular formula is C22H22. The third kappa shape index (κ3) is 3.65. The highest BCUT2D eigenvalue weighted by Crippen LogP contribution is 2.18. The van der Waals surface area contributed by atoms with Crippen LogP contribution in [0.25, 0.3) is 0 Å². The van der Waals surface area contributed by atoms with Crippen LogP contribution in [0, 0.1) is 13.8 Å². The van der Waals surface area contributed by atoms with E-state index in [0.29, 0.717) is 0 Å². The molecule has 0 bridgehead atoms. The van der Waals surface area contributed by atoms with Gasteiger partial charge in [0.15, 0.2) is 0 Å². The van der Waals surface area contributed by atoms with Gasteiger partial charge in [0.2, 0.25) is 0 Å². The molecule has 22 heavy (non-hydrogen) atoms. The van der Waals surface area contributed by atoms with Crippen molar-refractivity contribution in [2.75, 3.05) is 0 Å². The van der Waals surface area contributed by atoms with Gasteiger partial charge >= 0.3 is 0 Å². The highest BCUT2D eigenvalue weighted by atomic mass is 14.1. The number of aryl methyl sites for hydroxylation is 2. The molecule has 0 fully saturated rings. The topological polar surface area (TPSA) is 0 Å².